The first-order chi connectivity index (χ1) is 3.89. The molecular weight excluding hydrogens is 102 g/mol. The quantitative estimate of drug-likeness (QED) is 0.463. The molecule has 0 bridgehead atoms. The number of nitrogens with two attached hydrogens (primary N) is 1. The maximum Gasteiger partial charge on any atom is 0.0991 e. The lowest BCUT2D eigenvalue weighted by Gasteiger charge is -1.87. The molecule has 44 valence electrons. The lowest BCUT2D eigenvalue weighted by Crippen LogP contribution is -2.11. The van der Waals surface area contributed by atoms with Crippen LogP contribution in [0.1, 0.15) is 6.42 Å². The molecule has 0 aromatic rings. The number of nitrogens with zero attached hydrogens (tertiary/aromatic N) is 2. The second kappa shape index (κ2) is 2.45. The predicted octanol–water partition coefficient (Wildman–Crippen LogP) is -0.182. The summed E-state index contributed by atoms with van der Waals surface area (Å²) in [6.07, 6.45) is 2.53. The second-order valence-corrected chi connectivity index (χ2v) is 1.67. The summed E-state index contributed by atoms with van der Waals surface area (Å²) in [4.78, 5) is 7.99. The van der Waals surface area contributed by atoms with Crippen molar-refractivity contribution in [2.24, 2.45) is 15.7 Å². The van der Waals surface area contributed by atoms with Crippen LogP contribution in [0.25, 0.3) is 0 Å². The number of aliphatic imine (C=N–C) groups is 2. The van der Waals surface area contributed by atoms with Crippen LogP contribution in [0.4, 0.5) is 0 Å². The molecule has 0 unspecified atom stereocenters. The van der Waals surface area contributed by atoms with Gasteiger partial charge in [0.15, 0.2) is 0 Å². The van der Waals surface area contributed by atoms with Crippen LogP contribution in [0.3, 0.4) is 0 Å². The molecular formula is C5H9N3. The van der Waals surface area contributed by atoms with Gasteiger partial charge in [0.1, 0.15) is 0 Å². The monoisotopic (exact) mass is 111 g/mol. The minimum atomic E-state index is 0.700. The second-order valence-electron chi connectivity index (χ2n) is 1.67. The molecule has 2 N–H and O–H groups in total. The van der Waals surface area contributed by atoms with Crippen molar-refractivity contribution >= 4 is 12.1 Å². The minimum absolute atomic E-state index is 0.700. The van der Waals surface area contributed by atoms with E-state index in [2.05, 4.69) is 9.98 Å². The molecule has 1 aliphatic rings. The Morgan fingerprint density at radius 1 is 1.50 bits per heavy atom. The molecule has 0 saturated carbocycles. The Morgan fingerprint density at radius 2 is 2.38 bits per heavy atom. The number of hydrogen-bond donors (Lipinski definition) is 1. The minimum Gasteiger partial charge on any atom is -0.387 e. The van der Waals surface area contributed by atoms with E-state index < -0.39 is 0 Å². The van der Waals surface area contributed by atoms with E-state index in [-0.39, 0.29) is 0 Å². The Morgan fingerprint density at radius 3 is 3.25 bits per heavy atom. The Kier molecular flexibility index (Phi) is 1.62. The van der Waals surface area contributed by atoms with Crippen molar-refractivity contribution in [3.63, 3.8) is 0 Å². The van der Waals surface area contributed by atoms with Gasteiger partial charge in [-0.2, -0.15) is 0 Å². The van der Waals surface area contributed by atoms with Crippen molar-refractivity contribution < 1.29 is 0 Å². The van der Waals surface area contributed by atoms with Gasteiger partial charge >= 0.3 is 0 Å². The Bertz CT molecular complexity index is 126. The molecule has 3 nitrogen and oxygen atoms in total. The molecule has 1 aliphatic heterocycles. The highest BCUT2D eigenvalue weighted by atomic mass is 14.9. The van der Waals surface area contributed by atoms with Crippen LogP contribution in [-0.2, 0) is 0 Å². The lowest BCUT2D eigenvalue weighted by atomic mass is 10.4. The lowest BCUT2D eigenvalue weighted by molar-refractivity contribution is 0.986. The van der Waals surface area contributed by atoms with Crippen LogP contribution in [-0.4, -0.2) is 25.1 Å². The third-order valence-electron chi connectivity index (χ3n) is 0.974. The SMILES string of the molecule is NC1=NCCN=CC1. The molecule has 0 atom stereocenters. The standard InChI is InChI=1S/C5H9N3/c6-5-1-2-7-3-4-8-5/h2H,1,3-4H2,(H2,6,8). The zero-order chi connectivity index (χ0) is 5.82. The highest BCUT2D eigenvalue weighted by Crippen LogP contribution is 1.84. The van der Waals surface area contributed by atoms with Crippen LogP contribution in [0, 0.1) is 0 Å². The van der Waals surface area contributed by atoms with E-state index in [1.807, 2.05) is 6.21 Å². The third-order valence-corrected chi connectivity index (χ3v) is 0.974. The summed E-state index contributed by atoms with van der Waals surface area (Å²) in [7, 11) is 0. The molecule has 0 saturated heterocycles. The Labute approximate surface area is 48.3 Å². The average Bonchev–Trinajstić information content (AvgIpc) is 1.94. The summed E-state index contributed by atoms with van der Waals surface area (Å²) in [5.41, 5.74) is 5.39. The molecule has 0 spiro atoms. The van der Waals surface area contributed by atoms with Crippen molar-refractivity contribution in [1.29, 1.82) is 0 Å². The van der Waals surface area contributed by atoms with Gasteiger partial charge < -0.3 is 5.73 Å². The van der Waals surface area contributed by atoms with E-state index in [1.54, 1.807) is 0 Å². The van der Waals surface area contributed by atoms with Crippen molar-refractivity contribution in [1.82, 2.24) is 0 Å². The summed E-state index contributed by atoms with van der Waals surface area (Å²) >= 11 is 0. The molecule has 0 radical (unpaired) electrons. The van der Waals surface area contributed by atoms with E-state index in [4.69, 9.17) is 5.73 Å². The van der Waals surface area contributed by atoms with Crippen molar-refractivity contribution in [3.8, 4) is 0 Å². The average molecular weight is 111 g/mol. The van der Waals surface area contributed by atoms with Gasteiger partial charge in [0.2, 0.25) is 0 Å². The van der Waals surface area contributed by atoms with Crippen molar-refractivity contribution in [2.75, 3.05) is 13.1 Å². The van der Waals surface area contributed by atoms with E-state index in [0.29, 0.717) is 5.84 Å². The normalized spacial score (nSPS) is 19.8. The molecule has 8 heavy (non-hydrogen) atoms. The van der Waals surface area contributed by atoms with Gasteiger partial charge in [0.05, 0.1) is 18.9 Å². The first kappa shape index (κ1) is 5.28. The van der Waals surface area contributed by atoms with E-state index in [0.717, 1.165) is 19.5 Å². The molecule has 0 aliphatic carbocycles. The largest absolute Gasteiger partial charge is 0.387 e. The maximum absolute atomic E-state index is 5.39. The first-order valence-corrected chi connectivity index (χ1v) is 2.66. The molecule has 1 heterocycles. The van der Waals surface area contributed by atoms with Gasteiger partial charge in [-0.3, -0.25) is 9.98 Å². The highest BCUT2D eigenvalue weighted by molar-refractivity contribution is 5.93. The fourth-order valence-corrected chi connectivity index (χ4v) is 0.565. The first-order valence-electron chi connectivity index (χ1n) is 2.66. The van der Waals surface area contributed by atoms with Crippen LogP contribution < -0.4 is 5.73 Å². The summed E-state index contributed by atoms with van der Waals surface area (Å²) in [6, 6.07) is 0. The van der Waals surface area contributed by atoms with Crippen LogP contribution >= 0.6 is 0 Å². The van der Waals surface area contributed by atoms with Gasteiger partial charge in [0, 0.05) is 12.6 Å². The smallest absolute Gasteiger partial charge is 0.0991 e. The summed E-state index contributed by atoms with van der Waals surface area (Å²) in [5, 5.41) is 0. The van der Waals surface area contributed by atoms with Crippen molar-refractivity contribution in [2.45, 2.75) is 6.42 Å². The van der Waals surface area contributed by atoms with Gasteiger partial charge in [-0.25, -0.2) is 0 Å². The van der Waals surface area contributed by atoms with Crippen molar-refractivity contribution in [3.05, 3.63) is 0 Å². The molecule has 1 rings (SSSR count). The molecule has 0 amide bonds. The van der Waals surface area contributed by atoms with Gasteiger partial charge in [-0.05, 0) is 0 Å². The van der Waals surface area contributed by atoms with Gasteiger partial charge in [0.25, 0.3) is 0 Å². The highest BCUT2D eigenvalue weighted by Gasteiger charge is 1.91. The fraction of sp³-hybridized carbons (Fsp3) is 0.600. The Hall–Kier alpha value is -0.860. The topological polar surface area (TPSA) is 50.7 Å². The third kappa shape index (κ3) is 1.33. The summed E-state index contributed by atoms with van der Waals surface area (Å²) < 4.78 is 0. The fourth-order valence-electron chi connectivity index (χ4n) is 0.565. The van der Waals surface area contributed by atoms with Crippen LogP contribution in [0.15, 0.2) is 9.98 Å². The zero-order valence-corrected chi connectivity index (χ0v) is 4.67. The number of hydrogen-bond acceptors (Lipinski definition) is 3. The summed E-state index contributed by atoms with van der Waals surface area (Å²) in [5.74, 6) is 0.700. The molecule has 0 fully saturated rings. The zero-order valence-electron chi connectivity index (χ0n) is 4.67. The molecule has 3 heteroatoms. The Balaban J connectivity index is 2.51. The summed E-state index contributed by atoms with van der Waals surface area (Å²) in [6.45, 7) is 1.54. The predicted molar refractivity (Wildman–Crippen MR) is 34.5 cm³/mol. The molecule has 0 aromatic carbocycles. The number of amidine groups is 1. The van der Waals surface area contributed by atoms with E-state index >= 15 is 0 Å². The number of rotatable bonds is 0. The van der Waals surface area contributed by atoms with Gasteiger partial charge in [-0.15, -0.1) is 0 Å². The van der Waals surface area contributed by atoms with E-state index in [9.17, 15) is 0 Å². The van der Waals surface area contributed by atoms with E-state index in [1.165, 1.54) is 0 Å². The maximum atomic E-state index is 5.39. The molecule has 0 aromatic heterocycles. The van der Waals surface area contributed by atoms with Gasteiger partial charge in [-0.1, -0.05) is 0 Å². The van der Waals surface area contributed by atoms with Crippen LogP contribution in [0.5, 0.6) is 0 Å². The van der Waals surface area contributed by atoms with Crippen LogP contribution in [0.2, 0.25) is 0 Å².